The minimum atomic E-state index is -0.377. The zero-order chi connectivity index (χ0) is 20.3. The van der Waals surface area contributed by atoms with Crippen molar-refractivity contribution in [1.29, 1.82) is 5.41 Å². The van der Waals surface area contributed by atoms with Crippen molar-refractivity contribution in [3.63, 3.8) is 0 Å². The van der Waals surface area contributed by atoms with E-state index in [1.54, 1.807) is 18.2 Å². The number of aromatic nitrogens is 1. The Morgan fingerprint density at radius 3 is 2.64 bits per heavy atom. The SMILES string of the molecule is CCN(CC)Cc1ccc(Oc2ccc3cc(C(=O)N(C)C(=N)N)[nH]c3c2)o1. The van der Waals surface area contributed by atoms with Gasteiger partial charge in [-0.3, -0.25) is 20.0 Å². The average Bonchev–Trinajstić information content (AvgIpc) is 3.31. The molecule has 0 fully saturated rings. The van der Waals surface area contributed by atoms with Gasteiger partial charge in [0.1, 0.15) is 17.2 Å². The molecule has 8 heteroatoms. The Labute approximate surface area is 163 Å². The first-order valence-electron chi connectivity index (χ1n) is 9.15. The number of nitrogens with zero attached hydrogens (tertiary/aromatic N) is 2. The summed E-state index contributed by atoms with van der Waals surface area (Å²) in [7, 11) is 1.46. The largest absolute Gasteiger partial charge is 0.429 e. The van der Waals surface area contributed by atoms with E-state index in [0.29, 0.717) is 17.4 Å². The average molecular weight is 383 g/mol. The molecule has 0 saturated heterocycles. The van der Waals surface area contributed by atoms with E-state index < -0.39 is 0 Å². The van der Waals surface area contributed by atoms with Crippen molar-refractivity contribution in [3.05, 3.63) is 47.9 Å². The van der Waals surface area contributed by atoms with Crippen LogP contribution in [0, 0.1) is 5.41 Å². The summed E-state index contributed by atoms with van der Waals surface area (Å²) in [5.74, 6) is 1.17. The molecule has 0 aliphatic heterocycles. The molecule has 3 aromatic rings. The number of fused-ring (bicyclic) bond motifs is 1. The molecule has 2 heterocycles. The van der Waals surface area contributed by atoms with Gasteiger partial charge in [-0.2, -0.15) is 0 Å². The third-order valence-corrected chi connectivity index (χ3v) is 4.62. The van der Waals surface area contributed by atoms with Crippen molar-refractivity contribution >= 4 is 22.8 Å². The molecular weight excluding hydrogens is 358 g/mol. The number of amides is 1. The fourth-order valence-corrected chi connectivity index (χ4v) is 2.86. The van der Waals surface area contributed by atoms with Crippen LogP contribution >= 0.6 is 0 Å². The van der Waals surface area contributed by atoms with Crippen LogP contribution in [-0.2, 0) is 6.54 Å². The van der Waals surface area contributed by atoms with Gasteiger partial charge in [-0.1, -0.05) is 13.8 Å². The van der Waals surface area contributed by atoms with E-state index in [9.17, 15) is 4.79 Å². The van der Waals surface area contributed by atoms with Gasteiger partial charge in [0.2, 0.25) is 0 Å². The number of hydrogen-bond acceptors (Lipinski definition) is 5. The first kappa shape index (κ1) is 19.5. The summed E-state index contributed by atoms with van der Waals surface area (Å²) in [4.78, 5) is 18.7. The van der Waals surface area contributed by atoms with Crippen LogP contribution in [0.2, 0.25) is 0 Å². The van der Waals surface area contributed by atoms with E-state index >= 15 is 0 Å². The van der Waals surface area contributed by atoms with E-state index in [0.717, 1.165) is 41.2 Å². The molecule has 0 atom stereocenters. The molecule has 0 aliphatic rings. The van der Waals surface area contributed by atoms with Crippen LogP contribution in [0.25, 0.3) is 10.9 Å². The summed E-state index contributed by atoms with van der Waals surface area (Å²) >= 11 is 0. The molecule has 1 amide bonds. The van der Waals surface area contributed by atoms with Crippen LogP contribution in [0.1, 0.15) is 30.1 Å². The van der Waals surface area contributed by atoms with Gasteiger partial charge < -0.3 is 19.9 Å². The van der Waals surface area contributed by atoms with Crippen LogP contribution in [0.5, 0.6) is 11.7 Å². The Kier molecular flexibility index (Phi) is 5.70. The van der Waals surface area contributed by atoms with Crippen LogP contribution in [0.15, 0.2) is 40.8 Å². The molecule has 0 radical (unpaired) electrons. The van der Waals surface area contributed by atoms with Gasteiger partial charge in [0.05, 0.1) is 6.54 Å². The Morgan fingerprint density at radius 1 is 1.21 bits per heavy atom. The first-order chi connectivity index (χ1) is 13.4. The Bertz CT molecular complexity index is 987. The number of furan rings is 1. The number of carbonyl (C=O) groups is 1. The zero-order valence-electron chi connectivity index (χ0n) is 16.3. The fraction of sp³-hybridized carbons (Fsp3) is 0.300. The number of carbonyl (C=O) groups excluding carboxylic acids is 1. The van der Waals surface area contributed by atoms with Crippen LogP contribution in [0.4, 0.5) is 0 Å². The Balaban J connectivity index is 1.75. The molecule has 3 rings (SSSR count). The summed E-state index contributed by atoms with van der Waals surface area (Å²) in [5, 5.41) is 8.23. The molecule has 2 aromatic heterocycles. The standard InChI is InChI=1S/C20H25N5O3/c1-4-25(5-2)12-15-8-9-18(28-15)27-14-7-6-13-10-17(23-16(13)11-14)19(26)24(3)20(21)22/h6-11,23H,4-5,12H2,1-3H3,(H3,21,22). The maximum atomic E-state index is 12.3. The predicted octanol–water partition coefficient (Wildman–Crippen LogP) is 3.36. The van der Waals surface area contributed by atoms with E-state index in [1.165, 1.54) is 7.05 Å². The van der Waals surface area contributed by atoms with Gasteiger partial charge in [0, 0.05) is 30.1 Å². The van der Waals surface area contributed by atoms with Crippen molar-refractivity contribution in [2.24, 2.45) is 5.73 Å². The molecule has 4 N–H and O–H groups in total. The number of ether oxygens (including phenoxy) is 1. The molecule has 1 aromatic carbocycles. The number of rotatable bonds is 7. The molecule has 0 unspecified atom stereocenters. The quantitative estimate of drug-likeness (QED) is 0.428. The topological polar surface area (TPSA) is 112 Å². The predicted molar refractivity (Wildman–Crippen MR) is 108 cm³/mol. The maximum Gasteiger partial charge on any atom is 0.290 e. The number of nitrogens with one attached hydrogen (secondary N) is 2. The summed E-state index contributed by atoms with van der Waals surface area (Å²) < 4.78 is 11.6. The lowest BCUT2D eigenvalue weighted by Gasteiger charge is -2.15. The number of benzene rings is 1. The second-order valence-corrected chi connectivity index (χ2v) is 6.47. The molecule has 0 aliphatic carbocycles. The monoisotopic (exact) mass is 383 g/mol. The highest BCUT2D eigenvalue weighted by Gasteiger charge is 2.16. The molecule has 148 valence electrons. The third kappa shape index (κ3) is 4.17. The van der Waals surface area contributed by atoms with E-state index in [4.69, 9.17) is 20.3 Å². The Hall–Kier alpha value is -3.26. The molecule has 0 saturated carbocycles. The maximum absolute atomic E-state index is 12.3. The highest BCUT2D eigenvalue weighted by Crippen LogP contribution is 2.28. The lowest BCUT2D eigenvalue weighted by atomic mass is 10.2. The number of H-pyrrole nitrogens is 1. The first-order valence-corrected chi connectivity index (χ1v) is 9.15. The summed E-state index contributed by atoms with van der Waals surface area (Å²) in [6, 6.07) is 10.9. The minimum Gasteiger partial charge on any atom is -0.429 e. The van der Waals surface area contributed by atoms with E-state index in [2.05, 4.69) is 23.7 Å². The van der Waals surface area contributed by atoms with Crippen molar-refractivity contribution in [2.75, 3.05) is 20.1 Å². The van der Waals surface area contributed by atoms with Crippen LogP contribution in [-0.4, -0.2) is 46.8 Å². The van der Waals surface area contributed by atoms with Crippen molar-refractivity contribution in [1.82, 2.24) is 14.8 Å². The lowest BCUT2D eigenvalue weighted by Crippen LogP contribution is -2.38. The van der Waals surface area contributed by atoms with Gasteiger partial charge in [-0.25, -0.2) is 0 Å². The number of guanidine groups is 1. The summed E-state index contributed by atoms with van der Waals surface area (Å²) in [5.41, 5.74) is 6.46. The lowest BCUT2D eigenvalue weighted by molar-refractivity contribution is 0.0864. The highest BCUT2D eigenvalue weighted by atomic mass is 16.6. The molecule has 0 bridgehead atoms. The number of aromatic amines is 1. The summed E-state index contributed by atoms with van der Waals surface area (Å²) in [6.07, 6.45) is 0. The van der Waals surface area contributed by atoms with Crippen molar-refractivity contribution < 1.29 is 13.9 Å². The Morgan fingerprint density at radius 2 is 1.96 bits per heavy atom. The van der Waals surface area contributed by atoms with Gasteiger partial charge in [0.15, 0.2) is 5.96 Å². The van der Waals surface area contributed by atoms with Crippen molar-refractivity contribution in [2.45, 2.75) is 20.4 Å². The second kappa shape index (κ2) is 8.18. The van der Waals surface area contributed by atoms with Crippen LogP contribution < -0.4 is 10.5 Å². The van der Waals surface area contributed by atoms with Gasteiger partial charge >= 0.3 is 0 Å². The van der Waals surface area contributed by atoms with E-state index in [1.807, 2.05) is 18.2 Å². The minimum absolute atomic E-state index is 0.314. The second-order valence-electron chi connectivity index (χ2n) is 6.47. The highest BCUT2D eigenvalue weighted by molar-refractivity contribution is 6.05. The van der Waals surface area contributed by atoms with Crippen molar-refractivity contribution in [3.8, 4) is 11.7 Å². The van der Waals surface area contributed by atoms with Crippen LogP contribution in [0.3, 0.4) is 0 Å². The number of hydrogen-bond donors (Lipinski definition) is 3. The normalized spacial score (nSPS) is 11.1. The van der Waals surface area contributed by atoms with Gasteiger partial charge in [-0.15, -0.1) is 0 Å². The molecule has 28 heavy (non-hydrogen) atoms. The molecule has 0 spiro atoms. The van der Waals surface area contributed by atoms with E-state index in [-0.39, 0.29) is 11.9 Å². The smallest absolute Gasteiger partial charge is 0.290 e. The summed E-state index contributed by atoms with van der Waals surface area (Å²) in [6.45, 7) is 6.87. The molecule has 8 nitrogen and oxygen atoms in total. The van der Waals surface area contributed by atoms with Gasteiger partial charge in [0.25, 0.3) is 11.9 Å². The number of nitrogens with two attached hydrogens (primary N) is 1. The zero-order valence-corrected chi connectivity index (χ0v) is 16.3. The molecular formula is C20H25N5O3. The van der Waals surface area contributed by atoms with Gasteiger partial charge in [-0.05, 0) is 37.4 Å². The third-order valence-electron chi connectivity index (χ3n) is 4.62. The fourth-order valence-electron chi connectivity index (χ4n) is 2.86.